The summed E-state index contributed by atoms with van der Waals surface area (Å²) in [5, 5.41) is 3.85. The van der Waals surface area contributed by atoms with Crippen molar-refractivity contribution in [1.82, 2.24) is 14.6 Å². The summed E-state index contributed by atoms with van der Waals surface area (Å²) in [6.45, 7) is 1.27. The molecule has 1 aliphatic heterocycles. The molecule has 2 heterocycles. The van der Waals surface area contributed by atoms with Crippen LogP contribution in [-0.4, -0.2) is 36.6 Å². The number of sulfonamides is 1. The molecule has 0 aromatic carbocycles. The highest BCUT2D eigenvalue weighted by Crippen LogP contribution is 2.26. The molecule has 3 rings (SSSR count). The van der Waals surface area contributed by atoms with E-state index in [9.17, 15) is 8.42 Å². The molecule has 1 unspecified atom stereocenters. The summed E-state index contributed by atoms with van der Waals surface area (Å²) in [7, 11) is -1.49. The van der Waals surface area contributed by atoms with Crippen LogP contribution in [0.15, 0.2) is 17.2 Å². The smallest absolute Gasteiger partial charge is 0.242 e. The summed E-state index contributed by atoms with van der Waals surface area (Å²) in [4.78, 5) is 0.376. The van der Waals surface area contributed by atoms with Gasteiger partial charge in [-0.05, 0) is 37.5 Å². The molecular weight excluding hydrogens is 306 g/mol. The molecular formula is C14H23N3O2S2. The molecule has 1 aliphatic carbocycles. The normalized spacial score (nSPS) is 22.8. The Hall–Kier alpha value is -0.500. The number of thioether (sulfide) groups is 1. The lowest BCUT2D eigenvalue weighted by Crippen LogP contribution is -2.29. The number of aromatic nitrogens is 1. The Labute approximate surface area is 130 Å². The van der Waals surface area contributed by atoms with E-state index < -0.39 is 10.0 Å². The fourth-order valence-electron chi connectivity index (χ4n) is 2.53. The molecule has 0 radical (unpaired) electrons. The number of rotatable bonds is 7. The largest absolute Gasteiger partial charge is 0.352 e. The summed E-state index contributed by atoms with van der Waals surface area (Å²) in [5.74, 6) is 1.15. The molecule has 7 heteroatoms. The Bertz CT molecular complexity index is 587. The van der Waals surface area contributed by atoms with Crippen molar-refractivity contribution in [2.75, 3.05) is 12.3 Å². The Morgan fingerprint density at radius 1 is 1.38 bits per heavy atom. The van der Waals surface area contributed by atoms with Crippen molar-refractivity contribution in [2.24, 2.45) is 7.05 Å². The van der Waals surface area contributed by atoms with Crippen LogP contribution in [-0.2, 0) is 23.6 Å². The first-order valence-electron chi connectivity index (χ1n) is 7.54. The van der Waals surface area contributed by atoms with Crippen LogP contribution in [0, 0.1) is 0 Å². The minimum Gasteiger partial charge on any atom is -0.352 e. The highest BCUT2D eigenvalue weighted by atomic mass is 32.2. The summed E-state index contributed by atoms with van der Waals surface area (Å²) >= 11 is 1.86. The van der Waals surface area contributed by atoms with Crippen LogP contribution in [0.25, 0.3) is 0 Å². The molecule has 5 nitrogen and oxygen atoms in total. The highest BCUT2D eigenvalue weighted by molar-refractivity contribution is 8.00. The van der Waals surface area contributed by atoms with Crippen LogP contribution >= 0.6 is 11.8 Å². The van der Waals surface area contributed by atoms with Crippen LogP contribution in [0.1, 0.15) is 31.4 Å². The lowest BCUT2D eigenvalue weighted by Gasteiger charge is -2.09. The van der Waals surface area contributed by atoms with Crippen molar-refractivity contribution in [1.29, 1.82) is 0 Å². The van der Waals surface area contributed by atoms with Crippen LogP contribution < -0.4 is 10.0 Å². The Balaban J connectivity index is 1.61. The molecule has 0 spiro atoms. The van der Waals surface area contributed by atoms with Gasteiger partial charge in [0.15, 0.2) is 0 Å². The van der Waals surface area contributed by atoms with E-state index in [0.717, 1.165) is 24.4 Å². The third-order valence-electron chi connectivity index (χ3n) is 4.07. The fraction of sp³-hybridized carbons (Fsp3) is 0.714. The van der Waals surface area contributed by atoms with Gasteiger partial charge in [0.1, 0.15) is 0 Å². The van der Waals surface area contributed by atoms with Gasteiger partial charge < -0.3 is 9.88 Å². The minimum absolute atomic E-state index is 0.376. The molecule has 2 aliphatic rings. The molecule has 1 atom stereocenters. The topological polar surface area (TPSA) is 63.1 Å². The van der Waals surface area contributed by atoms with E-state index in [2.05, 4.69) is 10.0 Å². The van der Waals surface area contributed by atoms with Crippen LogP contribution in [0.4, 0.5) is 0 Å². The summed E-state index contributed by atoms with van der Waals surface area (Å²) in [5.41, 5.74) is 1.01. The van der Waals surface area contributed by atoms with Crippen LogP contribution in [0.2, 0.25) is 0 Å². The summed E-state index contributed by atoms with van der Waals surface area (Å²) in [6.07, 6.45) is 6.47. The first-order chi connectivity index (χ1) is 10.0. The molecule has 1 saturated heterocycles. The maximum Gasteiger partial charge on any atom is 0.242 e. The average Bonchev–Trinajstić information content (AvgIpc) is 2.98. The monoisotopic (exact) mass is 329 g/mol. The molecule has 118 valence electrons. The molecule has 21 heavy (non-hydrogen) atoms. The molecule has 0 amide bonds. The second-order valence-corrected chi connectivity index (χ2v) is 9.10. The lowest BCUT2D eigenvalue weighted by molar-refractivity contribution is 0.579. The van der Waals surface area contributed by atoms with E-state index in [0.29, 0.717) is 22.7 Å². The van der Waals surface area contributed by atoms with Gasteiger partial charge in [0, 0.05) is 43.3 Å². The molecule has 1 aromatic heterocycles. The molecule has 2 fully saturated rings. The second-order valence-electron chi connectivity index (χ2n) is 5.92. The minimum atomic E-state index is -3.38. The van der Waals surface area contributed by atoms with E-state index in [1.165, 1.54) is 19.3 Å². The van der Waals surface area contributed by atoms with Gasteiger partial charge in [0.05, 0.1) is 4.90 Å². The lowest BCUT2D eigenvalue weighted by atomic mass is 10.2. The summed E-state index contributed by atoms with van der Waals surface area (Å²) < 4.78 is 29.4. The van der Waals surface area contributed by atoms with Gasteiger partial charge in [0.2, 0.25) is 10.0 Å². The zero-order valence-corrected chi connectivity index (χ0v) is 14.0. The van der Waals surface area contributed by atoms with E-state index in [1.54, 1.807) is 12.3 Å². The number of hydrogen-bond acceptors (Lipinski definition) is 4. The molecule has 1 saturated carbocycles. The SMILES string of the molecule is Cn1cc(S(=O)(=O)NCC2CCCS2)cc1CNC1CC1. The second kappa shape index (κ2) is 6.32. The van der Waals surface area contributed by atoms with Gasteiger partial charge in [0.25, 0.3) is 0 Å². The fourth-order valence-corrected chi connectivity index (χ4v) is 5.01. The first-order valence-corrected chi connectivity index (χ1v) is 10.1. The number of nitrogens with one attached hydrogen (secondary N) is 2. The van der Waals surface area contributed by atoms with Gasteiger partial charge in [-0.1, -0.05) is 0 Å². The predicted octanol–water partition coefficient (Wildman–Crippen LogP) is 1.45. The Morgan fingerprint density at radius 3 is 2.86 bits per heavy atom. The highest BCUT2D eigenvalue weighted by Gasteiger charge is 2.23. The van der Waals surface area contributed by atoms with Crippen molar-refractivity contribution < 1.29 is 8.42 Å². The third-order valence-corrected chi connectivity index (χ3v) is 6.86. The maximum absolute atomic E-state index is 12.4. The molecule has 1 aromatic rings. The number of hydrogen-bond donors (Lipinski definition) is 2. The van der Waals surface area contributed by atoms with Gasteiger partial charge >= 0.3 is 0 Å². The van der Waals surface area contributed by atoms with E-state index in [1.807, 2.05) is 23.4 Å². The summed E-state index contributed by atoms with van der Waals surface area (Å²) in [6, 6.07) is 2.40. The zero-order valence-electron chi connectivity index (χ0n) is 12.3. The van der Waals surface area contributed by atoms with Gasteiger partial charge in [-0.25, -0.2) is 13.1 Å². The quantitative estimate of drug-likeness (QED) is 0.795. The van der Waals surface area contributed by atoms with Crippen molar-refractivity contribution in [3.8, 4) is 0 Å². The van der Waals surface area contributed by atoms with Crippen molar-refractivity contribution in [3.05, 3.63) is 18.0 Å². The molecule has 0 bridgehead atoms. The van der Waals surface area contributed by atoms with E-state index in [-0.39, 0.29) is 0 Å². The first kappa shape index (κ1) is 15.4. The molecule has 2 N–H and O–H groups in total. The van der Waals surface area contributed by atoms with Crippen LogP contribution in [0.5, 0.6) is 0 Å². The number of aryl methyl sites for hydroxylation is 1. The Kier molecular flexibility index (Phi) is 4.63. The van der Waals surface area contributed by atoms with Crippen molar-refractivity contribution in [2.45, 2.75) is 48.4 Å². The van der Waals surface area contributed by atoms with Gasteiger partial charge in [-0.3, -0.25) is 0 Å². The van der Waals surface area contributed by atoms with Gasteiger partial charge in [-0.15, -0.1) is 0 Å². The van der Waals surface area contributed by atoms with Crippen LogP contribution in [0.3, 0.4) is 0 Å². The Morgan fingerprint density at radius 2 is 2.19 bits per heavy atom. The standard InChI is InChI=1S/C14H23N3O2S2/c1-17-10-14(7-12(17)8-15-11-4-5-11)21(18,19)16-9-13-3-2-6-20-13/h7,10-11,13,15-16H,2-6,8-9H2,1H3. The van der Waals surface area contributed by atoms with E-state index in [4.69, 9.17) is 0 Å². The van der Waals surface area contributed by atoms with Crippen molar-refractivity contribution >= 4 is 21.8 Å². The predicted molar refractivity (Wildman–Crippen MR) is 85.9 cm³/mol. The van der Waals surface area contributed by atoms with Gasteiger partial charge in [-0.2, -0.15) is 11.8 Å². The third kappa shape index (κ3) is 4.03. The number of nitrogens with zero attached hydrogens (tertiary/aromatic N) is 1. The average molecular weight is 329 g/mol. The van der Waals surface area contributed by atoms with E-state index >= 15 is 0 Å². The van der Waals surface area contributed by atoms with Crippen molar-refractivity contribution in [3.63, 3.8) is 0 Å². The maximum atomic E-state index is 12.4. The zero-order chi connectivity index (χ0) is 14.9.